The minimum Gasteiger partial charge on any atom is -0.481 e. The van der Waals surface area contributed by atoms with E-state index in [9.17, 15) is 14.4 Å². The van der Waals surface area contributed by atoms with E-state index in [2.05, 4.69) is 20.4 Å². The molecule has 0 rings (SSSR count). The summed E-state index contributed by atoms with van der Waals surface area (Å²) < 4.78 is 23.2. The SMILES string of the molecule is C=C(C)C(=O)OC(COC(=O)CCC(=O)O)CC(COCCCCCCCCCCCCCCCC)OCCCCCCCCCCCCCCCC. The van der Waals surface area contributed by atoms with E-state index < -0.39 is 24.0 Å². The highest BCUT2D eigenvalue weighted by Crippen LogP contribution is 2.16. The van der Waals surface area contributed by atoms with E-state index in [-0.39, 0.29) is 31.1 Å². The lowest BCUT2D eigenvalue weighted by Gasteiger charge is -2.24. The quantitative estimate of drug-likeness (QED) is 0.0373. The van der Waals surface area contributed by atoms with E-state index in [0.717, 1.165) is 25.7 Å². The molecule has 8 heteroatoms. The van der Waals surface area contributed by atoms with Crippen molar-refractivity contribution >= 4 is 17.9 Å². The molecule has 0 aliphatic carbocycles. The highest BCUT2D eigenvalue weighted by atomic mass is 16.6. The van der Waals surface area contributed by atoms with Gasteiger partial charge in [0, 0.05) is 25.2 Å². The van der Waals surface area contributed by atoms with Gasteiger partial charge in [0.15, 0.2) is 0 Å². The number of carboxylic acid groups (broad SMARTS) is 1. The van der Waals surface area contributed by atoms with Crippen molar-refractivity contribution in [1.82, 2.24) is 0 Å². The highest BCUT2D eigenvalue weighted by Gasteiger charge is 2.23. The van der Waals surface area contributed by atoms with Gasteiger partial charge >= 0.3 is 17.9 Å². The van der Waals surface area contributed by atoms with Gasteiger partial charge in [-0.15, -0.1) is 0 Å². The van der Waals surface area contributed by atoms with E-state index in [1.807, 2.05) is 0 Å². The zero-order valence-corrected chi connectivity index (χ0v) is 34.9. The predicted molar refractivity (Wildman–Crippen MR) is 218 cm³/mol. The second-order valence-corrected chi connectivity index (χ2v) is 15.4. The molecule has 0 aliphatic heterocycles. The molecule has 0 aromatic carbocycles. The van der Waals surface area contributed by atoms with Crippen molar-refractivity contribution < 1.29 is 38.4 Å². The largest absolute Gasteiger partial charge is 0.481 e. The number of aliphatic carboxylic acids is 1. The summed E-state index contributed by atoms with van der Waals surface area (Å²) in [4.78, 5) is 35.4. The van der Waals surface area contributed by atoms with Crippen LogP contribution in [0.2, 0.25) is 0 Å². The molecule has 0 aliphatic rings. The number of esters is 2. The summed E-state index contributed by atoms with van der Waals surface area (Å²) in [7, 11) is 0. The zero-order valence-electron chi connectivity index (χ0n) is 34.9. The Kier molecular flexibility index (Phi) is 38.3. The first kappa shape index (κ1) is 51.1. The molecule has 0 aromatic heterocycles. The van der Waals surface area contributed by atoms with Gasteiger partial charge in [-0.25, -0.2) is 4.79 Å². The van der Waals surface area contributed by atoms with Gasteiger partial charge in [-0.1, -0.05) is 187 Å². The monoisotopic (exact) mass is 753 g/mol. The average Bonchev–Trinajstić information content (AvgIpc) is 3.13. The normalized spacial score (nSPS) is 12.4. The molecule has 0 saturated heterocycles. The van der Waals surface area contributed by atoms with E-state index in [0.29, 0.717) is 26.2 Å². The molecule has 1 N–H and O–H groups in total. The molecular weight excluding hydrogens is 668 g/mol. The summed E-state index contributed by atoms with van der Waals surface area (Å²) in [6.07, 6.45) is 35.1. The van der Waals surface area contributed by atoms with Crippen LogP contribution in [0.5, 0.6) is 0 Å². The van der Waals surface area contributed by atoms with Crippen molar-refractivity contribution in [2.75, 3.05) is 26.4 Å². The first-order valence-electron chi connectivity index (χ1n) is 22.2. The predicted octanol–water partition coefficient (Wildman–Crippen LogP) is 12.6. The number of carbonyl (C=O) groups is 3. The standard InChI is InChI=1S/C45H84O8/c1-5-7-9-11-13-15-17-19-21-23-25-27-29-31-35-50-38-41(37-42(53-45(49)40(3)4)39-52-44(48)34-33-43(46)47)51-36-32-30-28-26-24-22-20-18-16-14-12-10-8-6-2/h41-42H,3,5-39H2,1-2,4H3,(H,46,47). The minimum atomic E-state index is -1.07. The highest BCUT2D eigenvalue weighted by molar-refractivity contribution is 5.87. The Morgan fingerprint density at radius 2 is 0.925 bits per heavy atom. The average molecular weight is 753 g/mol. The third-order valence-electron chi connectivity index (χ3n) is 9.92. The number of unbranched alkanes of at least 4 members (excludes halogenated alkanes) is 26. The van der Waals surface area contributed by atoms with Crippen molar-refractivity contribution in [2.24, 2.45) is 0 Å². The Morgan fingerprint density at radius 3 is 1.32 bits per heavy atom. The van der Waals surface area contributed by atoms with Gasteiger partial charge in [0.25, 0.3) is 0 Å². The molecule has 312 valence electrons. The van der Waals surface area contributed by atoms with Crippen LogP contribution in [-0.4, -0.2) is 61.6 Å². The maximum absolute atomic E-state index is 12.4. The number of hydrogen-bond donors (Lipinski definition) is 1. The van der Waals surface area contributed by atoms with Crippen molar-refractivity contribution in [1.29, 1.82) is 0 Å². The third-order valence-corrected chi connectivity index (χ3v) is 9.92. The number of carbonyl (C=O) groups excluding carboxylic acids is 2. The Morgan fingerprint density at radius 1 is 0.528 bits per heavy atom. The molecule has 0 bridgehead atoms. The molecule has 2 atom stereocenters. The van der Waals surface area contributed by atoms with Gasteiger partial charge in [-0.05, 0) is 19.8 Å². The lowest BCUT2D eigenvalue weighted by molar-refractivity contribution is -0.160. The lowest BCUT2D eigenvalue weighted by Crippen LogP contribution is -2.33. The van der Waals surface area contributed by atoms with Crippen molar-refractivity contribution in [3.63, 3.8) is 0 Å². The molecule has 0 radical (unpaired) electrons. The van der Waals surface area contributed by atoms with Crippen LogP contribution in [0.3, 0.4) is 0 Å². The second kappa shape index (κ2) is 39.8. The molecule has 0 spiro atoms. The molecular formula is C45H84O8. The van der Waals surface area contributed by atoms with Crippen LogP contribution in [0.25, 0.3) is 0 Å². The summed E-state index contributed by atoms with van der Waals surface area (Å²) in [5.74, 6) is -2.27. The molecule has 2 unspecified atom stereocenters. The third kappa shape index (κ3) is 38.2. The van der Waals surface area contributed by atoms with Crippen LogP contribution in [0.4, 0.5) is 0 Å². The van der Waals surface area contributed by atoms with Crippen LogP contribution >= 0.6 is 0 Å². The molecule has 0 fully saturated rings. The van der Waals surface area contributed by atoms with Crippen molar-refractivity contribution in [2.45, 2.75) is 232 Å². The first-order chi connectivity index (χ1) is 25.8. The fourth-order valence-corrected chi connectivity index (χ4v) is 6.51. The van der Waals surface area contributed by atoms with Gasteiger partial charge in [0.1, 0.15) is 12.7 Å². The Balaban J connectivity index is 4.56. The molecule has 0 saturated carbocycles. The Labute approximate surface area is 326 Å². The molecule has 53 heavy (non-hydrogen) atoms. The van der Waals surface area contributed by atoms with E-state index in [4.69, 9.17) is 24.1 Å². The molecule has 0 aromatic rings. The number of carboxylic acids is 1. The smallest absolute Gasteiger partial charge is 0.333 e. The van der Waals surface area contributed by atoms with Crippen molar-refractivity contribution in [3.8, 4) is 0 Å². The van der Waals surface area contributed by atoms with Crippen LogP contribution in [0.1, 0.15) is 220 Å². The molecule has 0 amide bonds. The van der Waals surface area contributed by atoms with Crippen LogP contribution in [0.15, 0.2) is 12.2 Å². The lowest BCUT2D eigenvalue weighted by atomic mass is 10.0. The number of ether oxygens (including phenoxy) is 4. The van der Waals surface area contributed by atoms with E-state index in [1.165, 1.54) is 154 Å². The van der Waals surface area contributed by atoms with Gasteiger partial charge < -0.3 is 24.1 Å². The van der Waals surface area contributed by atoms with E-state index in [1.54, 1.807) is 6.92 Å². The van der Waals surface area contributed by atoms with Gasteiger partial charge in [-0.2, -0.15) is 0 Å². The van der Waals surface area contributed by atoms with Gasteiger partial charge in [-0.3, -0.25) is 9.59 Å². The van der Waals surface area contributed by atoms with Crippen LogP contribution < -0.4 is 0 Å². The summed E-state index contributed by atoms with van der Waals surface area (Å²) in [5, 5.41) is 8.89. The number of rotatable bonds is 42. The second-order valence-electron chi connectivity index (χ2n) is 15.4. The Hall–Kier alpha value is -1.93. The maximum atomic E-state index is 12.4. The van der Waals surface area contributed by atoms with Crippen LogP contribution in [-0.2, 0) is 33.3 Å². The minimum absolute atomic E-state index is 0.171. The fourth-order valence-electron chi connectivity index (χ4n) is 6.51. The van der Waals surface area contributed by atoms with E-state index >= 15 is 0 Å². The van der Waals surface area contributed by atoms with Gasteiger partial charge in [0.2, 0.25) is 0 Å². The summed E-state index contributed by atoms with van der Waals surface area (Å²) >= 11 is 0. The summed E-state index contributed by atoms with van der Waals surface area (Å²) in [6.45, 7) is 11.2. The maximum Gasteiger partial charge on any atom is 0.333 e. The number of hydrogen-bond acceptors (Lipinski definition) is 7. The van der Waals surface area contributed by atoms with Gasteiger partial charge in [0.05, 0.1) is 25.6 Å². The Bertz CT molecular complexity index is 859. The topological polar surface area (TPSA) is 108 Å². The fraction of sp³-hybridized carbons (Fsp3) is 0.889. The molecule has 8 nitrogen and oxygen atoms in total. The van der Waals surface area contributed by atoms with Crippen molar-refractivity contribution in [3.05, 3.63) is 12.2 Å². The summed E-state index contributed by atoms with van der Waals surface area (Å²) in [6, 6.07) is 0. The zero-order chi connectivity index (χ0) is 39.0. The van der Waals surface area contributed by atoms with Crippen LogP contribution in [0, 0.1) is 0 Å². The molecule has 0 heterocycles. The first-order valence-corrected chi connectivity index (χ1v) is 22.2. The summed E-state index contributed by atoms with van der Waals surface area (Å²) in [5.41, 5.74) is 0.251.